The summed E-state index contributed by atoms with van der Waals surface area (Å²) < 4.78 is 11.5. The maximum Gasteiger partial charge on any atom is 0.119 e. The van der Waals surface area contributed by atoms with Crippen molar-refractivity contribution in [3.63, 3.8) is 0 Å². The Morgan fingerprint density at radius 1 is 0.958 bits per heavy atom. The van der Waals surface area contributed by atoms with E-state index in [0.717, 1.165) is 49.8 Å². The molecule has 130 valence electrons. The molecule has 0 spiro atoms. The highest BCUT2D eigenvalue weighted by molar-refractivity contribution is 5.47. The SMILES string of the molecule is CCCCOc1ccc(NCc2cccc(OCC(C)C)c2)cc1. The normalized spacial score (nSPS) is 10.7. The maximum absolute atomic E-state index is 5.78. The lowest BCUT2D eigenvalue weighted by Crippen LogP contribution is -2.05. The van der Waals surface area contributed by atoms with Crippen LogP contribution >= 0.6 is 0 Å². The van der Waals surface area contributed by atoms with Crippen molar-refractivity contribution in [3.05, 3.63) is 54.1 Å². The first kappa shape index (κ1) is 18.2. The molecule has 2 rings (SSSR count). The fourth-order valence-corrected chi connectivity index (χ4v) is 2.22. The zero-order valence-corrected chi connectivity index (χ0v) is 15.0. The number of anilines is 1. The summed E-state index contributed by atoms with van der Waals surface area (Å²) in [6, 6.07) is 16.4. The fraction of sp³-hybridized carbons (Fsp3) is 0.429. The van der Waals surface area contributed by atoms with Crippen LogP contribution < -0.4 is 14.8 Å². The molecule has 2 aromatic rings. The Bertz CT molecular complexity index is 593. The molecule has 0 saturated carbocycles. The molecule has 3 nitrogen and oxygen atoms in total. The number of ether oxygens (including phenoxy) is 2. The minimum Gasteiger partial charge on any atom is -0.494 e. The monoisotopic (exact) mass is 327 g/mol. The highest BCUT2D eigenvalue weighted by Gasteiger charge is 2.00. The van der Waals surface area contributed by atoms with Crippen LogP contribution in [0.3, 0.4) is 0 Å². The van der Waals surface area contributed by atoms with Gasteiger partial charge in [0.05, 0.1) is 13.2 Å². The van der Waals surface area contributed by atoms with E-state index in [1.165, 1.54) is 5.56 Å². The molecular formula is C21H29NO2. The van der Waals surface area contributed by atoms with Gasteiger partial charge >= 0.3 is 0 Å². The van der Waals surface area contributed by atoms with E-state index in [4.69, 9.17) is 9.47 Å². The second-order valence-electron chi connectivity index (χ2n) is 6.43. The second kappa shape index (κ2) is 9.86. The molecule has 0 amide bonds. The molecule has 0 fully saturated rings. The van der Waals surface area contributed by atoms with Gasteiger partial charge in [-0.05, 0) is 54.3 Å². The molecule has 0 aliphatic heterocycles. The van der Waals surface area contributed by atoms with E-state index in [1.54, 1.807) is 0 Å². The summed E-state index contributed by atoms with van der Waals surface area (Å²) >= 11 is 0. The zero-order chi connectivity index (χ0) is 17.2. The van der Waals surface area contributed by atoms with Gasteiger partial charge in [0.2, 0.25) is 0 Å². The Hall–Kier alpha value is -2.16. The van der Waals surface area contributed by atoms with Gasteiger partial charge in [-0.25, -0.2) is 0 Å². The summed E-state index contributed by atoms with van der Waals surface area (Å²) in [5.41, 5.74) is 2.30. The van der Waals surface area contributed by atoms with E-state index in [2.05, 4.69) is 50.4 Å². The molecule has 2 aromatic carbocycles. The molecule has 0 saturated heterocycles. The summed E-state index contributed by atoms with van der Waals surface area (Å²) in [7, 11) is 0. The lowest BCUT2D eigenvalue weighted by Gasteiger charge is -2.11. The van der Waals surface area contributed by atoms with E-state index >= 15 is 0 Å². The molecule has 1 N–H and O–H groups in total. The van der Waals surface area contributed by atoms with Crippen molar-refractivity contribution in [1.29, 1.82) is 0 Å². The number of rotatable bonds is 10. The minimum atomic E-state index is 0.532. The molecule has 0 aromatic heterocycles. The smallest absolute Gasteiger partial charge is 0.119 e. The highest BCUT2D eigenvalue weighted by Crippen LogP contribution is 2.18. The summed E-state index contributed by atoms with van der Waals surface area (Å²) in [6.07, 6.45) is 2.24. The zero-order valence-electron chi connectivity index (χ0n) is 15.0. The summed E-state index contributed by atoms with van der Waals surface area (Å²) in [6.45, 7) is 8.78. The Labute approximate surface area is 146 Å². The molecule has 0 bridgehead atoms. The van der Waals surface area contributed by atoms with E-state index in [0.29, 0.717) is 5.92 Å². The van der Waals surface area contributed by atoms with Gasteiger partial charge in [-0.1, -0.05) is 39.3 Å². The number of hydrogen-bond acceptors (Lipinski definition) is 3. The number of hydrogen-bond donors (Lipinski definition) is 1. The standard InChI is InChI=1S/C21H29NO2/c1-4-5-13-23-20-11-9-19(10-12-20)22-15-18-7-6-8-21(14-18)24-16-17(2)3/h6-12,14,17,22H,4-5,13,15-16H2,1-3H3. The van der Waals surface area contributed by atoms with Crippen LogP contribution in [0.5, 0.6) is 11.5 Å². The van der Waals surface area contributed by atoms with Gasteiger partial charge < -0.3 is 14.8 Å². The van der Waals surface area contributed by atoms with Crippen LogP contribution in [-0.4, -0.2) is 13.2 Å². The van der Waals surface area contributed by atoms with Crippen molar-refractivity contribution in [2.45, 2.75) is 40.2 Å². The minimum absolute atomic E-state index is 0.532. The van der Waals surface area contributed by atoms with Gasteiger partial charge in [0, 0.05) is 12.2 Å². The first-order valence-electron chi connectivity index (χ1n) is 8.86. The van der Waals surface area contributed by atoms with Gasteiger partial charge in [0.25, 0.3) is 0 Å². The van der Waals surface area contributed by atoms with Crippen molar-refractivity contribution >= 4 is 5.69 Å². The van der Waals surface area contributed by atoms with Gasteiger partial charge in [-0.3, -0.25) is 0 Å². The quantitative estimate of drug-likeness (QED) is 0.583. The van der Waals surface area contributed by atoms with Gasteiger partial charge in [-0.15, -0.1) is 0 Å². The molecule has 0 radical (unpaired) electrons. The first-order chi connectivity index (χ1) is 11.7. The van der Waals surface area contributed by atoms with Crippen LogP contribution in [0.25, 0.3) is 0 Å². The van der Waals surface area contributed by atoms with Crippen molar-refractivity contribution in [2.24, 2.45) is 5.92 Å². The van der Waals surface area contributed by atoms with Crippen molar-refractivity contribution in [1.82, 2.24) is 0 Å². The molecule has 0 heterocycles. The van der Waals surface area contributed by atoms with E-state index in [1.807, 2.05) is 24.3 Å². The van der Waals surface area contributed by atoms with Crippen LogP contribution in [0.15, 0.2) is 48.5 Å². The topological polar surface area (TPSA) is 30.5 Å². The molecule has 3 heteroatoms. The van der Waals surface area contributed by atoms with Gasteiger partial charge in [0.15, 0.2) is 0 Å². The molecule has 0 unspecified atom stereocenters. The number of unbranched alkanes of at least 4 members (excludes halogenated alkanes) is 1. The van der Waals surface area contributed by atoms with Crippen LogP contribution in [-0.2, 0) is 6.54 Å². The van der Waals surface area contributed by atoms with Gasteiger partial charge in [0.1, 0.15) is 11.5 Å². The Morgan fingerprint density at radius 3 is 2.46 bits per heavy atom. The second-order valence-corrected chi connectivity index (χ2v) is 6.43. The Morgan fingerprint density at radius 2 is 1.75 bits per heavy atom. The molecule has 0 aliphatic rings. The highest BCUT2D eigenvalue weighted by atomic mass is 16.5. The maximum atomic E-state index is 5.78. The average molecular weight is 327 g/mol. The summed E-state index contributed by atoms with van der Waals surface area (Å²) in [4.78, 5) is 0. The van der Waals surface area contributed by atoms with Crippen LogP contribution in [0, 0.1) is 5.92 Å². The molecule has 24 heavy (non-hydrogen) atoms. The van der Waals surface area contributed by atoms with Crippen molar-refractivity contribution in [2.75, 3.05) is 18.5 Å². The molecule has 0 atom stereocenters. The van der Waals surface area contributed by atoms with Gasteiger partial charge in [-0.2, -0.15) is 0 Å². The van der Waals surface area contributed by atoms with Crippen LogP contribution in [0.4, 0.5) is 5.69 Å². The first-order valence-corrected chi connectivity index (χ1v) is 8.86. The predicted molar refractivity (Wildman–Crippen MR) is 101 cm³/mol. The van der Waals surface area contributed by atoms with Crippen LogP contribution in [0.2, 0.25) is 0 Å². The van der Waals surface area contributed by atoms with E-state index in [9.17, 15) is 0 Å². The van der Waals surface area contributed by atoms with E-state index < -0.39 is 0 Å². The predicted octanol–water partition coefficient (Wildman–Crippen LogP) is 5.51. The Kier molecular flexibility index (Phi) is 7.47. The lowest BCUT2D eigenvalue weighted by molar-refractivity contribution is 0.271. The Balaban J connectivity index is 1.83. The van der Waals surface area contributed by atoms with E-state index in [-0.39, 0.29) is 0 Å². The third-order valence-corrected chi connectivity index (χ3v) is 3.60. The van der Waals surface area contributed by atoms with Crippen molar-refractivity contribution < 1.29 is 9.47 Å². The van der Waals surface area contributed by atoms with Crippen molar-refractivity contribution in [3.8, 4) is 11.5 Å². The molecule has 0 aliphatic carbocycles. The third kappa shape index (κ3) is 6.53. The number of benzene rings is 2. The number of nitrogens with one attached hydrogen (secondary N) is 1. The third-order valence-electron chi connectivity index (χ3n) is 3.60. The average Bonchev–Trinajstić information content (AvgIpc) is 2.60. The summed E-state index contributed by atoms with van der Waals surface area (Å²) in [5.74, 6) is 2.39. The van der Waals surface area contributed by atoms with Crippen LogP contribution in [0.1, 0.15) is 39.2 Å². The summed E-state index contributed by atoms with van der Waals surface area (Å²) in [5, 5.41) is 3.44. The lowest BCUT2D eigenvalue weighted by atomic mass is 10.2. The largest absolute Gasteiger partial charge is 0.494 e. The fourth-order valence-electron chi connectivity index (χ4n) is 2.22. The molecular weight excluding hydrogens is 298 g/mol.